The van der Waals surface area contributed by atoms with E-state index < -0.39 is 0 Å². The van der Waals surface area contributed by atoms with E-state index in [1.165, 1.54) is 0 Å². The number of rotatable bonds is 8. The van der Waals surface area contributed by atoms with Crippen molar-refractivity contribution in [2.45, 2.75) is 45.3 Å². The van der Waals surface area contributed by atoms with Crippen LogP contribution in [0.5, 0.6) is 0 Å². The van der Waals surface area contributed by atoms with Crippen LogP contribution in [-0.2, 0) is 14.3 Å². The number of carbonyl (C=O) groups is 1. The summed E-state index contributed by atoms with van der Waals surface area (Å²) in [6.07, 6.45) is 3.47. The van der Waals surface area contributed by atoms with Crippen molar-refractivity contribution in [2.24, 2.45) is 0 Å². The fourth-order valence-corrected chi connectivity index (χ4v) is 2.37. The molecule has 1 saturated heterocycles. The predicted molar refractivity (Wildman–Crippen MR) is 75.2 cm³/mol. The third-order valence-electron chi connectivity index (χ3n) is 3.52. The maximum absolute atomic E-state index is 11.9. The van der Waals surface area contributed by atoms with Crippen molar-refractivity contribution in [1.29, 1.82) is 0 Å². The lowest BCUT2D eigenvalue weighted by molar-refractivity contribution is -0.146. The second kappa shape index (κ2) is 9.28. The second-order valence-electron chi connectivity index (χ2n) is 4.99. The van der Waals surface area contributed by atoms with Gasteiger partial charge in [-0.05, 0) is 32.7 Å². The molecule has 1 unspecified atom stereocenters. The molecular formula is C14H28N2O3. The maximum atomic E-state index is 11.9. The van der Waals surface area contributed by atoms with E-state index >= 15 is 0 Å². The van der Waals surface area contributed by atoms with Gasteiger partial charge in [-0.3, -0.25) is 4.79 Å². The smallest absolute Gasteiger partial charge is 0.324 e. The van der Waals surface area contributed by atoms with E-state index in [4.69, 9.17) is 9.47 Å². The van der Waals surface area contributed by atoms with E-state index in [9.17, 15) is 4.79 Å². The summed E-state index contributed by atoms with van der Waals surface area (Å²) in [6, 6.07) is -0.209. The summed E-state index contributed by atoms with van der Waals surface area (Å²) in [7, 11) is 1.77. The minimum atomic E-state index is -0.209. The molecule has 0 radical (unpaired) electrons. The number of methoxy groups -OCH3 is 1. The molecular weight excluding hydrogens is 244 g/mol. The number of esters is 1. The Morgan fingerprint density at radius 3 is 2.58 bits per heavy atom. The van der Waals surface area contributed by atoms with E-state index in [1.807, 2.05) is 6.92 Å². The predicted octanol–water partition coefficient (Wildman–Crippen LogP) is 1.03. The van der Waals surface area contributed by atoms with Crippen LogP contribution in [0.25, 0.3) is 0 Å². The fourth-order valence-electron chi connectivity index (χ4n) is 2.37. The highest BCUT2D eigenvalue weighted by molar-refractivity contribution is 5.76. The van der Waals surface area contributed by atoms with Crippen molar-refractivity contribution < 1.29 is 14.3 Å². The van der Waals surface area contributed by atoms with Crippen LogP contribution in [0.4, 0.5) is 0 Å². The van der Waals surface area contributed by atoms with Gasteiger partial charge in [0.15, 0.2) is 0 Å². The van der Waals surface area contributed by atoms with Crippen molar-refractivity contribution in [3.05, 3.63) is 0 Å². The van der Waals surface area contributed by atoms with Gasteiger partial charge < -0.3 is 19.7 Å². The minimum Gasteiger partial charge on any atom is -0.465 e. The first kappa shape index (κ1) is 16.4. The Labute approximate surface area is 116 Å². The quantitative estimate of drug-likeness (QED) is 0.669. The van der Waals surface area contributed by atoms with E-state index in [-0.39, 0.29) is 12.0 Å². The zero-order valence-corrected chi connectivity index (χ0v) is 12.5. The summed E-state index contributed by atoms with van der Waals surface area (Å²) >= 11 is 0. The monoisotopic (exact) mass is 272 g/mol. The average molecular weight is 272 g/mol. The zero-order chi connectivity index (χ0) is 14.1. The van der Waals surface area contributed by atoms with Crippen molar-refractivity contribution in [1.82, 2.24) is 10.2 Å². The standard InChI is InChI=1S/C14H28N2O3/c1-4-8-15-13(14(17)19-5-2)11-16-9-6-12(18-3)7-10-16/h12-13,15H,4-11H2,1-3H3. The largest absolute Gasteiger partial charge is 0.465 e. The molecule has 1 fully saturated rings. The van der Waals surface area contributed by atoms with Gasteiger partial charge in [0.2, 0.25) is 0 Å². The number of carbonyl (C=O) groups excluding carboxylic acids is 1. The zero-order valence-electron chi connectivity index (χ0n) is 12.5. The highest BCUT2D eigenvalue weighted by Crippen LogP contribution is 2.13. The molecule has 0 bridgehead atoms. The number of hydrogen-bond acceptors (Lipinski definition) is 5. The molecule has 5 heteroatoms. The highest BCUT2D eigenvalue weighted by Gasteiger charge is 2.25. The topological polar surface area (TPSA) is 50.8 Å². The third kappa shape index (κ3) is 5.89. The molecule has 0 aliphatic carbocycles. The molecule has 1 atom stereocenters. The summed E-state index contributed by atoms with van der Waals surface area (Å²) in [6.45, 7) is 7.94. The van der Waals surface area contributed by atoms with E-state index in [1.54, 1.807) is 7.11 Å². The van der Waals surface area contributed by atoms with Gasteiger partial charge in [-0.15, -0.1) is 0 Å². The summed E-state index contributed by atoms with van der Waals surface area (Å²) in [4.78, 5) is 14.2. The number of hydrogen-bond donors (Lipinski definition) is 1. The van der Waals surface area contributed by atoms with Gasteiger partial charge in [0, 0.05) is 26.7 Å². The van der Waals surface area contributed by atoms with Crippen LogP contribution in [0.2, 0.25) is 0 Å². The van der Waals surface area contributed by atoms with Crippen LogP contribution in [0.3, 0.4) is 0 Å². The van der Waals surface area contributed by atoms with Crippen LogP contribution in [0.1, 0.15) is 33.1 Å². The Hall–Kier alpha value is -0.650. The molecule has 0 amide bonds. The lowest BCUT2D eigenvalue weighted by Gasteiger charge is -2.33. The van der Waals surface area contributed by atoms with Crippen LogP contribution in [0, 0.1) is 0 Å². The summed E-state index contributed by atoms with van der Waals surface area (Å²) in [5, 5.41) is 3.28. The molecule has 5 nitrogen and oxygen atoms in total. The van der Waals surface area contributed by atoms with Gasteiger partial charge in [-0.2, -0.15) is 0 Å². The van der Waals surface area contributed by atoms with Gasteiger partial charge in [0.1, 0.15) is 6.04 Å². The molecule has 0 aromatic heterocycles. The lowest BCUT2D eigenvalue weighted by Crippen LogP contribution is -2.49. The van der Waals surface area contributed by atoms with Crippen molar-refractivity contribution in [3.8, 4) is 0 Å². The van der Waals surface area contributed by atoms with Gasteiger partial charge in [-0.25, -0.2) is 0 Å². The minimum absolute atomic E-state index is 0.134. The van der Waals surface area contributed by atoms with E-state index in [0.29, 0.717) is 12.7 Å². The first-order valence-corrected chi connectivity index (χ1v) is 7.36. The Kier molecular flexibility index (Phi) is 8.02. The number of likely N-dealkylation sites (tertiary alicyclic amines) is 1. The van der Waals surface area contributed by atoms with Crippen molar-refractivity contribution >= 4 is 5.97 Å². The van der Waals surface area contributed by atoms with Crippen LogP contribution in [-0.4, -0.2) is 62.9 Å². The van der Waals surface area contributed by atoms with Crippen molar-refractivity contribution in [3.63, 3.8) is 0 Å². The molecule has 1 aliphatic rings. The molecule has 112 valence electrons. The number of piperidine rings is 1. The highest BCUT2D eigenvalue weighted by atomic mass is 16.5. The van der Waals surface area contributed by atoms with Crippen LogP contribution >= 0.6 is 0 Å². The van der Waals surface area contributed by atoms with E-state index in [0.717, 1.165) is 45.4 Å². The first-order valence-electron chi connectivity index (χ1n) is 7.36. The third-order valence-corrected chi connectivity index (χ3v) is 3.52. The summed E-state index contributed by atoms with van der Waals surface area (Å²) in [5.41, 5.74) is 0. The number of ether oxygens (including phenoxy) is 2. The normalized spacial score (nSPS) is 19.3. The van der Waals surface area contributed by atoms with E-state index in [2.05, 4.69) is 17.1 Å². The fraction of sp³-hybridized carbons (Fsp3) is 0.929. The van der Waals surface area contributed by atoms with Gasteiger partial charge in [0.25, 0.3) is 0 Å². The summed E-state index contributed by atoms with van der Waals surface area (Å²) < 4.78 is 10.5. The molecule has 0 aromatic rings. The molecule has 19 heavy (non-hydrogen) atoms. The number of nitrogens with zero attached hydrogens (tertiary/aromatic N) is 1. The lowest BCUT2D eigenvalue weighted by atomic mass is 10.1. The van der Waals surface area contributed by atoms with Crippen LogP contribution in [0.15, 0.2) is 0 Å². The van der Waals surface area contributed by atoms with Gasteiger partial charge in [-0.1, -0.05) is 6.92 Å². The van der Waals surface area contributed by atoms with Crippen molar-refractivity contribution in [2.75, 3.05) is 39.9 Å². The molecule has 1 rings (SSSR count). The molecule has 1 N–H and O–H groups in total. The van der Waals surface area contributed by atoms with Crippen LogP contribution < -0.4 is 5.32 Å². The molecule has 1 aliphatic heterocycles. The summed E-state index contributed by atoms with van der Waals surface area (Å²) in [5.74, 6) is -0.134. The van der Waals surface area contributed by atoms with Gasteiger partial charge in [0.05, 0.1) is 12.7 Å². The Morgan fingerprint density at radius 1 is 1.37 bits per heavy atom. The maximum Gasteiger partial charge on any atom is 0.324 e. The second-order valence-corrected chi connectivity index (χ2v) is 4.99. The molecule has 0 spiro atoms. The molecule has 0 saturated carbocycles. The number of nitrogens with one attached hydrogen (secondary N) is 1. The first-order chi connectivity index (χ1) is 9.21. The average Bonchev–Trinajstić information content (AvgIpc) is 2.44. The Morgan fingerprint density at radius 2 is 2.05 bits per heavy atom. The molecule has 1 heterocycles. The van der Waals surface area contributed by atoms with Gasteiger partial charge >= 0.3 is 5.97 Å². The molecule has 0 aromatic carbocycles. The SMILES string of the molecule is CCCNC(CN1CCC(OC)CC1)C(=O)OCC. The Bertz CT molecular complexity index is 253. The Balaban J connectivity index is 2.41.